The van der Waals surface area contributed by atoms with Crippen LogP contribution in [-0.4, -0.2) is 14.0 Å². The molecule has 0 aliphatic heterocycles. The van der Waals surface area contributed by atoms with Crippen molar-refractivity contribution in [1.29, 1.82) is 0 Å². The topological polar surface area (TPSA) is 22.2 Å². The van der Waals surface area contributed by atoms with Gasteiger partial charge >= 0.3 is 0 Å². The van der Waals surface area contributed by atoms with Gasteiger partial charge in [0.25, 0.3) is 0 Å². The van der Waals surface area contributed by atoms with Crippen LogP contribution in [0, 0.1) is 0 Å². The van der Waals surface area contributed by atoms with Crippen molar-refractivity contribution < 1.29 is 0 Å². The normalized spacial score (nSPS) is 11.6. The van der Waals surface area contributed by atoms with Crippen LogP contribution >= 0.6 is 0 Å². The molecule has 0 unspecified atom stereocenters. The SMILES string of the molecule is c1ccc(-c2ccc3nc4n(-c5ccccc5)c5ccccc5n4c3c2)cc1. The molecular formula is C25H17N3. The van der Waals surface area contributed by atoms with E-state index in [4.69, 9.17) is 4.98 Å². The number of benzene rings is 4. The van der Waals surface area contributed by atoms with Gasteiger partial charge in [-0.05, 0) is 47.5 Å². The molecule has 0 fully saturated rings. The summed E-state index contributed by atoms with van der Waals surface area (Å²) in [7, 11) is 0. The number of para-hydroxylation sites is 3. The fourth-order valence-electron chi connectivity index (χ4n) is 4.04. The summed E-state index contributed by atoms with van der Waals surface area (Å²) in [5.74, 6) is 0.938. The lowest BCUT2D eigenvalue weighted by Crippen LogP contribution is -1.94. The van der Waals surface area contributed by atoms with Crippen LogP contribution in [0.1, 0.15) is 0 Å². The predicted octanol–water partition coefficient (Wildman–Crippen LogP) is 6.10. The van der Waals surface area contributed by atoms with E-state index in [2.05, 4.69) is 100.0 Å². The lowest BCUT2D eigenvalue weighted by atomic mass is 10.1. The van der Waals surface area contributed by atoms with E-state index in [1.54, 1.807) is 0 Å². The van der Waals surface area contributed by atoms with Crippen LogP contribution in [0.4, 0.5) is 0 Å². The van der Waals surface area contributed by atoms with E-state index in [1.165, 1.54) is 11.1 Å². The minimum atomic E-state index is 0.938. The number of nitrogens with zero attached hydrogens (tertiary/aromatic N) is 3. The van der Waals surface area contributed by atoms with Crippen LogP contribution in [0.5, 0.6) is 0 Å². The van der Waals surface area contributed by atoms with Crippen molar-refractivity contribution in [2.75, 3.05) is 0 Å². The molecule has 28 heavy (non-hydrogen) atoms. The Hall–Kier alpha value is -3.85. The molecular weight excluding hydrogens is 342 g/mol. The molecule has 0 amide bonds. The average Bonchev–Trinajstić information content (AvgIpc) is 3.29. The summed E-state index contributed by atoms with van der Waals surface area (Å²) >= 11 is 0. The standard InChI is InChI=1S/C25H17N3/c1-3-9-18(10-4-1)19-15-16-21-24(17-19)28-23-14-8-7-13-22(23)27(25(28)26-21)20-11-5-2-6-12-20/h1-17H. The Labute approximate surface area is 162 Å². The van der Waals surface area contributed by atoms with Crippen molar-refractivity contribution >= 4 is 27.8 Å². The number of rotatable bonds is 2. The fraction of sp³-hybridized carbons (Fsp3) is 0. The second-order valence-electron chi connectivity index (χ2n) is 6.98. The minimum Gasteiger partial charge on any atom is -0.278 e. The number of hydrogen-bond acceptors (Lipinski definition) is 1. The molecule has 2 heterocycles. The zero-order valence-electron chi connectivity index (χ0n) is 15.2. The van der Waals surface area contributed by atoms with Crippen molar-refractivity contribution in [2.24, 2.45) is 0 Å². The quantitative estimate of drug-likeness (QED) is 0.366. The third-order valence-electron chi connectivity index (χ3n) is 5.32. The van der Waals surface area contributed by atoms with Crippen molar-refractivity contribution in [3.63, 3.8) is 0 Å². The maximum atomic E-state index is 4.99. The van der Waals surface area contributed by atoms with Gasteiger partial charge in [0, 0.05) is 5.69 Å². The molecule has 0 atom stereocenters. The zero-order valence-corrected chi connectivity index (χ0v) is 15.2. The molecule has 0 aliphatic rings. The first-order valence-corrected chi connectivity index (χ1v) is 9.43. The van der Waals surface area contributed by atoms with Gasteiger partial charge in [-0.15, -0.1) is 0 Å². The van der Waals surface area contributed by atoms with E-state index in [-0.39, 0.29) is 0 Å². The molecule has 4 aromatic carbocycles. The highest BCUT2D eigenvalue weighted by Gasteiger charge is 2.17. The minimum absolute atomic E-state index is 0.938. The number of hydrogen-bond donors (Lipinski definition) is 0. The van der Waals surface area contributed by atoms with Gasteiger partial charge in [-0.2, -0.15) is 0 Å². The van der Waals surface area contributed by atoms with Crippen molar-refractivity contribution in [3.05, 3.63) is 103 Å². The molecule has 0 spiro atoms. The van der Waals surface area contributed by atoms with Crippen LogP contribution in [0.2, 0.25) is 0 Å². The largest absolute Gasteiger partial charge is 0.278 e. The molecule has 132 valence electrons. The number of fused-ring (bicyclic) bond motifs is 5. The van der Waals surface area contributed by atoms with E-state index in [0.29, 0.717) is 0 Å². The second-order valence-corrected chi connectivity index (χ2v) is 6.98. The third kappa shape index (κ3) is 2.13. The second kappa shape index (κ2) is 5.83. The average molecular weight is 359 g/mol. The highest BCUT2D eigenvalue weighted by atomic mass is 15.2. The Morgan fingerprint density at radius 1 is 0.536 bits per heavy atom. The Morgan fingerprint density at radius 2 is 1.21 bits per heavy atom. The third-order valence-corrected chi connectivity index (χ3v) is 5.32. The summed E-state index contributed by atoms with van der Waals surface area (Å²) in [6.07, 6.45) is 0. The van der Waals surface area contributed by atoms with E-state index in [1.807, 2.05) is 12.1 Å². The van der Waals surface area contributed by atoms with Crippen LogP contribution in [-0.2, 0) is 0 Å². The maximum Gasteiger partial charge on any atom is 0.220 e. The molecule has 0 radical (unpaired) electrons. The van der Waals surface area contributed by atoms with Gasteiger partial charge in [-0.1, -0.05) is 66.7 Å². The smallest absolute Gasteiger partial charge is 0.220 e. The molecule has 3 nitrogen and oxygen atoms in total. The monoisotopic (exact) mass is 359 g/mol. The summed E-state index contributed by atoms with van der Waals surface area (Å²) in [5, 5.41) is 0. The molecule has 6 aromatic rings. The summed E-state index contributed by atoms with van der Waals surface area (Å²) in [6.45, 7) is 0. The molecule has 3 heteroatoms. The van der Waals surface area contributed by atoms with Gasteiger partial charge in [-0.25, -0.2) is 4.98 Å². The summed E-state index contributed by atoms with van der Waals surface area (Å²) in [4.78, 5) is 4.99. The van der Waals surface area contributed by atoms with Gasteiger partial charge in [0.2, 0.25) is 5.78 Å². The molecule has 0 saturated carbocycles. The lowest BCUT2D eigenvalue weighted by Gasteiger charge is -2.04. The maximum absolute atomic E-state index is 4.99. The molecule has 2 aromatic heterocycles. The first kappa shape index (κ1) is 15.2. The molecule has 0 aliphatic carbocycles. The van der Waals surface area contributed by atoms with E-state index >= 15 is 0 Å². The van der Waals surface area contributed by atoms with E-state index in [9.17, 15) is 0 Å². The van der Waals surface area contributed by atoms with Crippen LogP contribution < -0.4 is 0 Å². The highest BCUT2D eigenvalue weighted by Crippen LogP contribution is 2.31. The summed E-state index contributed by atoms with van der Waals surface area (Å²) in [6, 6.07) is 35.9. The highest BCUT2D eigenvalue weighted by molar-refractivity contribution is 5.93. The Morgan fingerprint density at radius 3 is 2.00 bits per heavy atom. The molecule has 0 saturated heterocycles. The van der Waals surface area contributed by atoms with Gasteiger partial charge < -0.3 is 0 Å². The van der Waals surface area contributed by atoms with Crippen molar-refractivity contribution in [1.82, 2.24) is 14.0 Å². The predicted molar refractivity (Wildman–Crippen MR) is 115 cm³/mol. The molecule has 0 N–H and O–H groups in total. The summed E-state index contributed by atoms with van der Waals surface area (Å²) in [5.41, 5.74) is 7.98. The Bertz CT molecular complexity index is 1440. The molecule has 0 bridgehead atoms. The van der Waals surface area contributed by atoms with Crippen molar-refractivity contribution in [2.45, 2.75) is 0 Å². The Balaban J connectivity index is 1.74. The first-order chi connectivity index (χ1) is 13.9. The summed E-state index contributed by atoms with van der Waals surface area (Å²) < 4.78 is 4.50. The number of aromatic nitrogens is 3. The zero-order chi connectivity index (χ0) is 18.5. The van der Waals surface area contributed by atoms with Gasteiger partial charge in [-0.3, -0.25) is 8.97 Å². The van der Waals surface area contributed by atoms with Gasteiger partial charge in [0.1, 0.15) is 0 Å². The van der Waals surface area contributed by atoms with E-state index in [0.717, 1.165) is 33.5 Å². The van der Waals surface area contributed by atoms with Gasteiger partial charge in [0.05, 0.1) is 22.1 Å². The van der Waals surface area contributed by atoms with Crippen LogP contribution in [0.25, 0.3) is 44.7 Å². The first-order valence-electron chi connectivity index (χ1n) is 9.43. The van der Waals surface area contributed by atoms with Crippen LogP contribution in [0.15, 0.2) is 103 Å². The Kier molecular flexibility index (Phi) is 3.17. The van der Waals surface area contributed by atoms with Crippen molar-refractivity contribution in [3.8, 4) is 16.8 Å². The lowest BCUT2D eigenvalue weighted by molar-refractivity contribution is 1.11. The fourth-order valence-corrected chi connectivity index (χ4v) is 4.04. The molecule has 6 rings (SSSR count). The van der Waals surface area contributed by atoms with E-state index < -0.39 is 0 Å². The number of imidazole rings is 2. The van der Waals surface area contributed by atoms with Crippen LogP contribution in [0.3, 0.4) is 0 Å². The van der Waals surface area contributed by atoms with Gasteiger partial charge in [0.15, 0.2) is 0 Å².